The van der Waals surface area contributed by atoms with Crippen molar-refractivity contribution in [1.82, 2.24) is 0 Å². The van der Waals surface area contributed by atoms with Crippen LogP contribution in [0.5, 0.6) is 17.2 Å². The Kier molecular flexibility index (Phi) is 3.69. The number of rotatable bonds is 3. The Bertz CT molecular complexity index is 596. The molecule has 0 saturated carbocycles. The molecule has 106 valence electrons. The van der Waals surface area contributed by atoms with Crippen molar-refractivity contribution < 1.29 is 27.0 Å². The normalized spacial score (nSPS) is 11.2. The van der Waals surface area contributed by atoms with E-state index < -0.39 is 12.2 Å². The Morgan fingerprint density at radius 2 is 1.50 bits per heavy atom. The van der Waals surface area contributed by atoms with E-state index in [4.69, 9.17) is 10.5 Å². The van der Waals surface area contributed by atoms with E-state index in [1.54, 1.807) is 0 Å². The van der Waals surface area contributed by atoms with Gasteiger partial charge in [0.25, 0.3) is 0 Å². The van der Waals surface area contributed by atoms with Crippen LogP contribution in [0.15, 0.2) is 42.5 Å². The molecule has 0 amide bonds. The zero-order valence-electron chi connectivity index (χ0n) is 9.95. The monoisotopic (exact) mass is 287 g/mol. The third-order valence-electron chi connectivity index (χ3n) is 2.26. The van der Waals surface area contributed by atoms with Crippen LogP contribution in [0, 0.1) is 5.82 Å². The first-order valence-electron chi connectivity index (χ1n) is 5.42. The molecule has 0 spiro atoms. The second-order valence-corrected chi connectivity index (χ2v) is 3.80. The fraction of sp³-hybridized carbons (Fsp3) is 0.0769. The lowest BCUT2D eigenvalue weighted by Gasteiger charge is -2.11. The number of anilines is 1. The Labute approximate surface area is 111 Å². The number of halogens is 4. The Morgan fingerprint density at radius 3 is 2.05 bits per heavy atom. The molecule has 0 radical (unpaired) electrons. The van der Waals surface area contributed by atoms with Crippen LogP contribution in [0.3, 0.4) is 0 Å². The number of alkyl halides is 3. The van der Waals surface area contributed by atoms with Gasteiger partial charge in [0, 0.05) is 6.07 Å². The minimum Gasteiger partial charge on any atom is -0.455 e. The molecule has 0 aliphatic rings. The van der Waals surface area contributed by atoms with Crippen molar-refractivity contribution >= 4 is 5.69 Å². The fourth-order valence-electron chi connectivity index (χ4n) is 1.45. The molecular weight excluding hydrogens is 278 g/mol. The van der Waals surface area contributed by atoms with Crippen LogP contribution >= 0.6 is 0 Å². The van der Waals surface area contributed by atoms with Gasteiger partial charge in [-0.3, -0.25) is 0 Å². The number of nitrogen functional groups attached to an aromatic ring is 1. The summed E-state index contributed by atoms with van der Waals surface area (Å²) in [6.45, 7) is 0. The molecule has 7 heteroatoms. The van der Waals surface area contributed by atoms with Crippen LogP contribution in [0.4, 0.5) is 23.2 Å². The average Bonchev–Trinajstić information content (AvgIpc) is 2.33. The molecule has 0 bridgehead atoms. The number of hydrogen-bond acceptors (Lipinski definition) is 3. The minimum absolute atomic E-state index is 0.0839. The van der Waals surface area contributed by atoms with E-state index in [1.807, 2.05) is 0 Å². The summed E-state index contributed by atoms with van der Waals surface area (Å²) in [5.41, 5.74) is 5.63. The molecule has 0 aliphatic carbocycles. The van der Waals surface area contributed by atoms with Gasteiger partial charge < -0.3 is 15.2 Å². The summed E-state index contributed by atoms with van der Waals surface area (Å²) in [7, 11) is 0. The third kappa shape index (κ3) is 3.78. The first-order valence-corrected chi connectivity index (χ1v) is 5.42. The number of benzene rings is 2. The minimum atomic E-state index is -4.75. The lowest BCUT2D eigenvalue weighted by Crippen LogP contribution is -2.16. The van der Waals surface area contributed by atoms with Crippen LogP contribution in [-0.2, 0) is 0 Å². The van der Waals surface area contributed by atoms with E-state index in [2.05, 4.69) is 4.74 Å². The zero-order chi connectivity index (χ0) is 14.8. The van der Waals surface area contributed by atoms with Gasteiger partial charge >= 0.3 is 6.36 Å². The van der Waals surface area contributed by atoms with E-state index in [0.717, 1.165) is 24.3 Å². The quantitative estimate of drug-likeness (QED) is 0.682. The molecule has 0 saturated heterocycles. The SMILES string of the molecule is Nc1cc(F)ccc1Oc1ccc(OC(F)(F)F)cc1. The maximum absolute atomic E-state index is 12.8. The predicted octanol–water partition coefficient (Wildman–Crippen LogP) is 4.10. The van der Waals surface area contributed by atoms with Gasteiger partial charge in [-0.2, -0.15) is 0 Å². The largest absolute Gasteiger partial charge is 0.573 e. The standard InChI is InChI=1S/C13H9F4NO2/c14-8-1-6-12(11(18)7-8)19-9-2-4-10(5-3-9)20-13(15,16)17/h1-7H,18H2. The van der Waals surface area contributed by atoms with E-state index in [1.165, 1.54) is 18.2 Å². The van der Waals surface area contributed by atoms with E-state index in [0.29, 0.717) is 0 Å². The maximum atomic E-state index is 12.8. The molecule has 0 aliphatic heterocycles. The van der Waals surface area contributed by atoms with Crippen molar-refractivity contribution in [2.75, 3.05) is 5.73 Å². The molecule has 2 N–H and O–H groups in total. The lowest BCUT2D eigenvalue weighted by atomic mass is 10.3. The van der Waals surface area contributed by atoms with Crippen molar-refractivity contribution in [3.63, 3.8) is 0 Å². The predicted molar refractivity (Wildman–Crippen MR) is 64.0 cm³/mol. The first kappa shape index (κ1) is 14.0. The van der Waals surface area contributed by atoms with Gasteiger partial charge in [0.05, 0.1) is 5.69 Å². The number of ether oxygens (including phenoxy) is 2. The molecule has 20 heavy (non-hydrogen) atoms. The molecule has 2 rings (SSSR count). The number of nitrogens with two attached hydrogens (primary N) is 1. The van der Waals surface area contributed by atoms with Crippen molar-refractivity contribution in [3.05, 3.63) is 48.3 Å². The van der Waals surface area contributed by atoms with Crippen LogP contribution in [0.2, 0.25) is 0 Å². The fourth-order valence-corrected chi connectivity index (χ4v) is 1.45. The summed E-state index contributed by atoms with van der Waals surface area (Å²) in [5, 5.41) is 0. The van der Waals surface area contributed by atoms with Gasteiger partial charge in [-0.1, -0.05) is 0 Å². The molecule has 2 aromatic rings. The van der Waals surface area contributed by atoms with Gasteiger partial charge in [0.1, 0.15) is 17.3 Å². The number of hydrogen-bond donors (Lipinski definition) is 1. The molecule has 0 heterocycles. The van der Waals surface area contributed by atoms with Gasteiger partial charge in [-0.25, -0.2) is 4.39 Å². The van der Waals surface area contributed by atoms with Crippen molar-refractivity contribution in [3.8, 4) is 17.2 Å². The second kappa shape index (κ2) is 5.28. The van der Waals surface area contributed by atoms with Crippen molar-refractivity contribution in [2.24, 2.45) is 0 Å². The van der Waals surface area contributed by atoms with Gasteiger partial charge in [0.2, 0.25) is 0 Å². The summed E-state index contributed by atoms with van der Waals surface area (Å²) >= 11 is 0. The molecule has 0 fully saturated rings. The maximum Gasteiger partial charge on any atom is 0.573 e. The topological polar surface area (TPSA) is 44.5 Å². The summed E-state index contributed by atoms with van der Waals surface area (Å²) in [6, 6.07) is 8.33. The molecule has 3 nitrogen and oxygen atoms in total. The van der Waals surface area contributed by atoms with E-state index in [-0.39, 0.29) is 22.9 Å². The Morgan fingerprint density at radius 1 is 0.900 bits per heavy atom. The second-order valence-electron chi connectivity index (χ2n) is 3.80. The summed E-state index contributed by atoms with van der Waals surface area (Å²) < 4.78 is 57.8. The Hall–Kier alpha value is -2.44. The van der Waals surface area contributed by atoms with Gasteiger partial charge in [0.15, 0.2) is 5.75 Å². The van der Waals surface area contributed by atoms with Crippen LogP contribution in [-0.4, -0.2) is 6.36 Å². The van der Waals surface area contributed by atoms with Gasteiger partial charge in [-0.15, -0.1) is 13.2 Å². The smallest absolute Gasteiger partial charge is 0.455 e. The van der Waals surface area contributed by atoms with E-state index in [9.17, 15) is 17.6 Å². The average molecular weight is 287 g/mol. The molecule has 2 aromatic carbocycles. The summed E-state index contributed by atoms with van der Waals surface area (Å²) in [6.07, 6.45) is -4.75. The third-order valence-corrected chi connectivity index (χ3v) is 2.26. The van der Waals surface area contributed by atoms with Gasteiger partial charge in [-0.05, 0) is 36.4 Å². The highest BCUT2D eigenvalue weighted by Gasteiger charge is 2.30. The van der Waals surface area contributed by atoms with Crippen LogP contribution in [0.1, 0.15) is 0 Å². The van der Waals surface area contributed by atoms with Crippen molar-refractivity contribution in [2.45, 2.75) is 6.36 Å². The highest BCUT2D eigenvalue weighted by atomic mass is 19.4. The molecule has 0 atom stereocenters. The lowest BCUT2D eigenvalue weighted by molar-refractivity contribution is -0.274. The van der Waals surface area contributed by atoms with Crippen LogP contribution < -0.4 is 15.2 Å². The van der Waals surface area contributed by atoms with Crippen molar-refractivity contribution in [1.29, 1.82) is 0 Å². The highest BCUT2D eigenvalue weighted by Crippen LogP contribution is 2.30. The molecule has 0 unspecified atom stereocenters. The Balaban J connectivity index is 2.11. The van der Waals surface area contributed by atoms with E-state index >= 15 is 0 Å². The van der Waals surface area contributed by atoms with Crippen LogP contribution in [0.25, 0.3) is 0 Å². The first-order chi connectivity index (χ1) is 9.33. The zero-order valence-corrected chi connectivity index (χ0v) is 9.95. The summed E-state index contributed by atoms with van der Waals surface area (Å²) in [4.78, 5) is 0. The molecular formula is C13H9F4NO2. The highest BCUT2D eigenvalue weighted by molar-refractivity contribution is 5.54. The molecule has 0 aromatic heterocycles. The summed E-state index contributed by atoms with van der Waals surface area (Å²) in [5.74, 6) is -0.422.